The molecular formula is C22H26ClN3O3. The summed E-state index contributed by atoms with van der Waals surface area (Å²) in [4.78, 5) is 19.0. The number of likely N-dealkylation sites (tertiary alicyclic amines) is 1. The van der Waals surface area contributed by atoms with E-state index in [-0.39, 0.29) is 12.0 Å². The number of pyridine rings is 1. The first-order valence-corrected chi connectivity index (χ1v) is 10.5. The SMILES string of the molecule is Cc1cccc(C(=O)NCC2CCN(C[C@H]3COc4ccc(Cl)cc4O3)CC2)n1. The Morgan fingerprint density at radius 2 is 2.07 bits per heavy atom. The molecule has 7 heteroatoms. The number of aryl methyl sites for hydroxylation is 1. The fraction of sp³-hybridized carbons (Fsp3) is 0.455. The van der Waals surface area contributed by atoms with E-state index in [1.165, 1.54) is 0 Å². The summed E-state index contributed by atoms with van der Waals surface area (Å²) in [7, 11) is 0. The predicted molar refractivity (Wildman–Crippen MR) is 112 cm³/mol. The standard InChI is InChI=1S/C22H26ClN3O3/c1-15-3-2-4-19(25-15)22(27)24-12-16-7-9-26(10-8-16)13-18-14-28-20-6-5-17(23)11-21(20)29-18/h2-6,11,16,18H,7-10,12-14H2,1H3,(H,24,27)/t18-/m0/s1. The van der Waals surface area contributed by atoms with Gasteiger partial charge in [-0.1, -0.05) is 17.7 Å². The first-order valence-electron chi connectivity index (χ1n) is 10.1. The minimum absolute atomic E-state index is 0.00427. The molecule has 0 saturated carbocycles. The van der Waals surface area contributed by atoms with Crippen LogP contribution in [-0.2, 0) is 0 Å². The Morgan fingerprint density at radius 3 is 2.86 bits per heavy atom. The second-order valence-corrected chi connectivity index (χ2v) is 8.20. The van der Waals surface area contributed by atoms with E-state index in [0.717, 1.165) is 49.7 Å². The smallest absolute Gasteiger partial charge is 0.269 e. The van der Waals surface area contributed by atoms with Crippen molar-refractivity contribution in [2.45, 2.75) is 25.9 Å². The molecule has 2 aromatic rings. The number of piperidine rings is 1. The van der Waals surface area contributed by atoms with Crippen LogP contribution >= 0.6 is 11.6 Å². The van der Waals surface area contributed by atoms with E-state index in [2.05, 4.69) is 15.2 Å². The molecule has 29 heavy (non-hydrogen) atoms. The Morgan fingerprint density at radius 1 is 1.24 bits per heavy atom. The molecule has 0 spiro atoms. The van der Waals surface area contributed by atoms with Crippen LogP contribution in [0, 0.1) is 12.8 Å². The molecule has 0 radical (unpaired) electrons. The number of fused-ring (bicyclic) bond motifs is 1. The zero-order chi connectivity index (χ0) is 20.2. The molecule has 2 aliphatic rings. The van der Waals surface area contributed by atoms with Crippen molar-refractivity contribution < 1.29 is 14.3 Å². The van der Waals surface area contributed by atoms with Crippen molar-refractivity contribution in [3.8, 4) is 11.5 Å². The molecule has 0 aliphatic carbocycles. The fourth-order valence-electron chi connectivity index (χ4n) is 3.84. The number of benzene rings is 1. The summed E-state index contributed by atoms with van der Waals surface area (Å²) < 4.78 is 11.9. The number of nitrogens with zero attached hydrogens (tertiary/aromatic N) is 2. The number of amides is 1. The van der Waals surface area contributed by atoms with E-state index in [1.807, 2.05) is 31.2 Å². The lowest BCUT2D eigenvalue weighted by Crippen LogP contribution is -2.45. The Labute approximate surface area is 176 Å². The highest BCUT2D eigenvalue weighted by atomic mass is 35.5. The third-order valence-electron chi connectivity index (χ3n) is 5.47. The summed E-state index contributed by atoms with van der Waals surface area (Å²) in [6.07, 6.45) is 2.11. The van der Waals surface area contributed by atoms with Crippen LogP contribution in [0.3, 0.4) is 0 Å². The minimum Gasteiger partial charge on any atom is -0.486 e. The zero-order valence-electron chi connectivity index (χ0n) is 16.6. The first kappa shape index (κ1) is 20.0. The summed E-state index contributed by atoms with van der Waals surface area (Å²) >= 11 is 6.05. The van der Waals surface area contributed by atoms with Crippen molar-refractivity contribution in [1.82, 2.24) is 15.2 Å². The number of halogens is 1. The second-order valence-electron chi connectivity index (χ2n) is 7.76. The molecule has 154 valence electrons. The molecule has 1 aromatic heterocycles. The normalized spacial score (nSPS) is 19.7. The Bertz CT molecular complexity index is 868. The Balaban J connectivity index is 1.20. The minimum atomic E-state index is -0.0961. The van der Waals surface area contributed by atoms with E-state index in [1.54, 1.807) is 12.1 Å². The summed E-state index contributed by atoms with van der Waals surface area (Å²) in [5, 5.41) is 3.68. The number of nitrogens with one attached hydrogen (secondary N) is 1. The van der Waals surface area contributed by atoms with Gasteiger partial charge < -0.3 is 14.8 Å². The predicted octanol–water partition coefficient (Wildman–Crippen LogP) is 3.33. The van der Waals surface area contributed by atoms with E-state index >= 15 is 0 Å². The molecular weight excluding hydrogens is 390 g/mol. The van der Waals surface area contributed by atoms with Crippen LogP contribution in [0.15, 0.2) is 36.4 Å². The lowest BCUT2D eigenvalue weighted by molar-refractivity contribution is 0.0476. The maximum Gasteiger partial charge on any atom is 0.269 e. The van der Waals surface area contributed by atoms with Crippen molar-refractivity contribution in [3.63, 3.8) is 0 Å². The van der Waals surface area contributed by atoms with Crippen LogP contribution in [-0.4, -0.2) is 54.7 Å². The van der Waals surface area contributed by atoms with Gasteiger partial charge in [-0.3, -0.25) is 9.69 Å². The maximum atomic E-state index is 12.3. The van der Waals surface area contributed by atoms with Crippen LogP contribution in [0.25, 0.3) is 0 Å². The molecule has 1 aromatic carbocycles. The molecule has 3 heterocycles. The highest BCUT2D eigenvalue weighted by Crippen LogP contribution is 2.34. The Kier molecular flexibility index (Phi) is 6.21. The van der Waals surface area contributed by atoms with Gasteiger partial charge in [0.2, 0.25) is 0 Å². The quantitative estimate of drug-likeness (QED) is 0.811. The van der Waals surface area contributed by atoms with Gasteiger partial charge in [0.25, 0.3) is 5.91 Å². The van der Waals surface area contributed by atoms with Gasteiger partial charge in [0.15, 0.2) is 11.5 Å². The van der Waals surface area contributed by atoms with Gasteiger partial charge >= 0.3 is 0 Å². The van der Waals surface area contributed by atoms with E-state index in [0.29, 0.717) is 29.8 Å². The maximum absolute atomic E-state index is 12.3. The molecule has 1 N–H and O–H groups in total. The summed E-state index contributed by atoms with van der Waals surface area (Å²) in [5.41, 5.74) is 1.34. The molecule has 1 atom stereocenters. The number of hydrogen-bond acceptors (Lipinski definition) is 5. The van der Waals surface area contributed by atoms with Gasteiger partial charge in [-0.15, -0.1) is 0 Å². The number of rotatable bonds is 5. The highest BCUT2D eigenvalue weighted by molar-refractivity contribution is 6.30. The van der Waals surface area contributed by atoms with Gasteiger partial charge in [-0.2, -0.15) is 0 Å². The van der Waals surface area contributed by atoms with Crippen molar-refractivity contribution in [2.24, 2.45) is 5.92 Å². The molecule has 4 rings (SSSR count). The zero-order valence-corrected chi connectivity index (χ0v) is 17.3. The van der Waals surface area contributed by atoms with Crippen LogP contribution < -0.4 is 14.8 Å². The van der Waals surface area contributed by atoms with E-state index < -0.39 is 0 Å². The third-order valence-corrected chi connectivity index (χ3v) is 5.70. The van der Waals surface area contributed by atoms with Crippen molar-refractivity contribution in [2.75, 3.05) is 32.8 Å². The van der Waals surface area contributed by atoms with Crippen LogP contribution in [0.1, 0.15) is 29.0 Å². The molecule has 6 nitrogen and oxygen atoms in total. The second kappa shape index (κ2) is 9.01. The number of aromatic nitrogens is 1. The number of hydrogen-bond donors (Lipinski definition) is 1. The van der Waals surface area contributed by atoms with Crippen LogP contribution in [0.5, 0.6) is 11.5 Å². The molecule has 1 fully saturated rings. The summed E-state index contributed by atoms with van der Waals surface area (Å²) in [6.45, 7) is 5.95. The largest absolute Gasteiger partial charge is 0.486 e. The van der Waals surface area contributed by atoms with E-state index in [4.69, 9.17) is 21.1 Å². The molecule has 2 aliphatic heterocycles. The number of carbonyl (C=O) groups excluding carboxylic acids is 1. The lowest BCUT2D eigenvalue weighted by Gasteiger charge is -2.35. The number of carbonyl (C=O) groups is 1. The van der Waals surface area contributed by atoms with Gasteiger partial charge in [-0.05, 0) is 63.0 Å². The average Bonchev–Trinajstić information content (AvgIpc) is 2.73. The molecule has 1 saturated heterocycles. The Hall–Kier alpha value is -2.31. The van der Waals surface area contributed by atoms with Gasteiger partial charge in [0.05, 0.1) is 0 Å². The average molecular weight is 416 g/mol. The van der Waals surface area contributed by atoms with E-state index in [9.17, 15) is 4.79 Å². The number of ether oxygens (including phenoxy) is 2. The monoisotopic (exact) mass is 415 g/mol. The van der Waals surface area contributed by atoms with Crippen LogP contribution in [0.4, 0.5) is 0 Å². The van der Waals surface area contributed by atoms with Gasteiger partial charge in [0.1, 0.15) is 18.4 Å². The third kappa shape index (κ3) is 5.19. The fourth-order valence-corrected chi connectivity index (χ4v) is 4.00. The van der Waals surface area contributed by atoms with Crippen molar-refractivity contribution in [1.29, 1.82) is 0 Å². The first-order chi connectivity index (χ1) is 14.1. The summed E-state index contributed by atoms with van der Waals surface area (Å²) in [5.74, 6) is 1.86. The highest BCUT2D eigenvalue weighted by Gasteiger charge is 2.26. The van der Waals surface area contributed by atoms with Crippen molar-refractivity contribution >= 4 is 17.5 Å². The van der Waals surface area contributed by atoms with Crippen LogP contribution in [0.2, 0.25) is 5.02 Å². The lowest BCUT2D eigenvalue weighted by atomic mass is 9.96. The van der Waals surface area contributed by atoms with Gasteiger partial charge in [0, 0.05) is 29.9 Å². The topological polar surface area (TPSA) is 63.7 Å². The summed E-state index contributed by atoms with van der Waals surface area (Å²) in [6, 6.07) is 11.0. The molecule has 0 bridgehead atoms. The molecule has 1 amide bonds. The molecule has 0 unspecified atom stereocenters. The van der Waals surface area contributed by atoms with Crippen molar-refractivity contribution in [3.05, 3.63) is 52.8 Å². The van der Waals surface area contributed by atoms with Gasteiger partial charge in [-0.25, -0.2) is 4.98 Å².